The number of aryl methyl sites for hydroxylation is 1. The molecular formula is C12H18N2. The summed E-state index contributed by atoms with van der Waals surface area (Å²) in [5.41, 5.74) is 8.74. The average Bonchev–Trinajstić information content (AvgIpc) is 2.18. The van der Waals surface area contributed by atoms with Crippen LogP contribution in [0.15, 0.2) is 24.3 Å². The normalized spacial score (nSPS) is 27.6. The Morgan fingerprint density at radius 1 is 1.36 bits per heavy atom. The van der Waals surface area contributed by atoms with Crippen molar-refractivity contribution in [3.8, 4) is 0 Å². The molecule has 0 unspecified atom stereocenters. The molecule has 1 fully saturated rings. The molecule has 1 aliphatic rings. The fourth-order valence-corrected chi connectivity index (χ4v) is 2.16. The topological polar surface area (TPSA) is 38.0 Å². The third-order valence-electron chi connectivity index (χ3n) is 3.01. The molecule has 0 radical (unpaired) electrons. The van der Waals surface area contributed by atoms with Gasteiger partial charge in [-0.1, -0.05) is 24.3 Å². The Bertz CT molecular complexity index is 309. The average molecular weight is 190 g/mol. The molecular weight excluding hydrogens is 172 g/mol. The monoisotopic (exact) mass is 190 g/mol. The van der Waals surface area contributed by atoms with Gasteiger partial charge in [0.1, 0.15) is 0 Å². The Morgan fingerprint density at radius 3 is 2.86 bits per heavy atom. The number of hydrogen-bond acceptors (Lipinski definition) is 2. The lowest BCUT2D eigenvalue weighted by Crippen LogP contribution is -2.38. The van der Waals surface area contributed by atoms with E-state index < -0.39 is 0 Å². The van der Waals surface area contributed by atoms with Gasteiger partial charge < -0.3 is 11.1 Å². The van der Waals surface area contributed by atoms with E-state index in [4.69, 9.17) is 5.73 Å². The number of rotatable bonds is 1. The summed E-state index contributed by atoms with van der Waals surface area (Å²) in [7, 11) is 0. The predicted octanol–water partition coefficient (Wildman–Crippen LogP) is 1.75. The summed E-state index contributed by atoms with van der Waals surface area (Å²) in [5, 5.41) is 3.53. The maximum Gasteiger partial charge on any atom is 0.0337 e. The number of piperidine rings is 1. The van der Waals surface area contributed by atoms with Gasteiger partial charge in [0, 0.05) is 12.1 Å². The minimum atomic E-state index is 0.362. The molecule has 1 aliphatic heterocycles. The number of hydrogen-bond donors (Lipinski definition) is 2. The minimum absolute atomic E-state index is 0.362. The van der Waals surface area contributed by atoms with Crippen molar-refractivity contribution in [3.05, 3.63) is 35.4 Å². The zero-order valence-electron chi connectivity index (χ0n) is 8.66. The molecule has 1 heterocycles. The maximum atomic E-state index is 5.97. The van der Waals surface area contributed by atoms with Crippen molar-refractivity contribution in [1.82, 2.24) is 5.32 Å². The van der Waals surface area contributed by atoms with E-state index in [0.717, 1.165) is 19.4 Å². The first-order chi connectivity index (χ1) is 6.77. The first kappa shape index (κ1) is 9.69. The SMILES string of the molecule is Cc1ccccc1[C@@H]1C[C@@H](N)CCN1. The lowest BCUT2D eigenvalue weighted by atomic mass is 9.92. The molecule has 1 aromatic carbocycles. The summed E-state index contributed by atoms with van der Waals surface area (Å²) in [6.45, 7) is 3.21. The van der Waals surface area contributed by atoms with Gasteiger partial charge in [-0.3, -0.25) is 0 Å². The molecule has 0 aromatic heterocycles. The predicted molar refractivity (Wildman–Crippen MR) is 59.1 cm³/mol. The van der Waals surface area contributed by atoms with Gasteiger partial charge in [-0.15, -0.1) is 0 Å². The van der Waals surface area contributed by atoms with E-state index in [-0.39, 0.29) is 0 Å². The summed E-state index contributed by atoms with van der Waals surface area (Å²) in [6, 6.07) is 9.37. The van der Waals surface area contributed by atoms with Crippen LogP contribution in [0.25, 0.3) is 0 Å². The van der Waals surface area contributed by atoms with Crippen molar-refractivity contribution in [3.63, 3.8) is 0 Å². The van der Waals surface area contributed by atoms with Crippen LogP contribution in [-0.4, -0.2) is 12.6 Å². The second kappa shape index (κ2) is 4.11. The second-order valence-corrected chi connectivity index (χ2v) is 4.15. The van der Waals surface area contributed by atoms with Crippen LogP contribution in [0.1, 0.15) is 30.0 Å². The van der Waals surface area contributed by atoms with Crippen molar-refractivity contribution in [2.45, 2.75) is 31.8 Å². The van der Waals surface area contributed by atoms with Gasteiger partial charge in [0.2, 0.25) is 0 Å². The highest BCUT2D eigenvalue weighted by atomic mass is 14.9. The van der Waals surface area contributed by atoms with Crippen LogP contribution in [0.3, 0.4) is 0 Å². The zero-order valence-corrected chi connectivity index (χ0v) is 8.66. The van der Waals surface area contributed by atoms with Crippen LogP contribution in [-0.2, 0) is 0 Å². The Kier molecular flexibility index (Phi) is 2.85. The molecule has 2 rings (SSSR count). The van der Waals surface area contributed by atoms with Crippen molar-refractivity contribution < 1.29 is 0 Å². The molecule has 2 heteroatoms. The van der Waals surface area contributed by atoms with Gasteiger partial charge in [-0.25, -0.2) is 0 Å². The lowest BCUT2D eigenvalue weighted by molar-refractivity contribution is 0.368. The van der Waals surface area contributed by atoms with E-state index in [1.807, 2.05) is 0 Å². The molecule has 0 aliphatic carbocycles. The maximum absolute atomic E-state index is 5.97. The lowest BCUT2D eigenvalue weighted by Gasteiger charge is -2.29. The molecule has 0 spiro atoms. The van der Waals surface area contributed by atoms with Crippen LogP contribution < -0.4 is 11.1 Å². The smallest absolute Gasteiger partial charge is 0.0337 e. The third-order valence-corrected chi connectivity index (χ3v) is 3.01. The summed E-state index contributed by atoms with van der Waals surface area (Å²) < 4.78 is 0. The Morgan fingerprint density at radius 2 is 2.14 bits per heavy atom. The van der Waals surface area contributed by atoms with Crippen LogP contribution in [0.2, 0.25) is 0 Å². The largest absolute Gasteiger partial charge is 0.328 e. The van der Waals surface area contributed by atoms with E-state index >= 15 is 0 Å². The Hall–Kier alpha value is -0.860. The zero-order chi connectivity index (χ0) is 9.97. The number of nitrogens with one attached hydrogen (secondary N) is 1. The van der Waals surface area contributed by atoms with E-state index in [1.54, 1.807) is 0 Å². The Balaban J connectivity index is 2.18. The second-order valence-electron chi connectivity index (χ2n) is 4.15. The summed E-state index contributed by atoms with van der Waals surface area (Å²) in [6.07, 6.45) is 2.16. The molecule has 76 valence electrons. The highest BCUT2D eigenvalue weighted by Gasteiger charge is 2.20. The van der Waals surface area contributed by atoms with Crippen LogP contribution in [0.4, 0.5) is 0 Å². The van der Waals surface area contributed by atoms with Gasteiger partial charge >= 0.3 is 0 Å². The fourth-order valence-electron chi connectivity index (χ4n) is 2.16. The van der Waals surface area contributed by atoms with E-state index in [9.17, 15) is 0 Å². The molecule has 1 aromatic rings. The van der Waals surface area contributed by atoms with Crippen molar-refractivity contribution in [2.24, 2.45) is 5.73 Å². The standard InChI is InChI=1S/C12H18N2/c1-9-4-2-3-5-11(9)12-8-10(13)6-7-14-12/h2-5,10,12,14H,6-8,13H2,1H3/t10-,12-/m0/s1. The first-order valence-electron chi connectivity index (χ1n) is 5.32. The molecule has 0 saturated carbocycles. The molecule has 0 bridgehead atoms. The van der Waals surface area contributed by atoms with Gasteiger partial charge in [0.25, 0.3) is 0 Å². The van der Waals surface area contributed by atoms with Gasteiger partial charge in [0.05, 0.1) is 0 Å². The molecule has 14 heavy (non-hydrogen) atoms. The van der Waals surface area contributed by atoms with Crippen LogP contribution in [0.5, 0.6) is 0 Å². The fraction of sp³-hybridized carbons (Fsp3) is 0.500. The molecule has 0 amide bonds. The van der Waals surface area contributed by atoms with Crippen molar-refractivity contribution in [2.75, 3.05) is 6.54 Å². The third kappa shape index (κ3) is 1.97. The number of benzene rings is 1. The summed E-state index contributed by atoms with van der Waals surface area (Å²) in [5.74, 6) is 0. The molecule has 1 saturated heterocycles. The van der Waals surface area contributed by atoms with Crippen LogP contribution in [0, 0.1) is 6.92 Å². The summed E-state index contributed by atoms with van der Waals surface area (Å²) >= 11 is 0. The van der Waals surface area contributed by atoms with E-state index in [1.165, 1.54) is 11.1 Å². The highest BCUT2D eigenvalue weighted by molar-refractivity contribution is 5.29. The van der Waals surface area contributed by atoms with E-state index in [2.05, 4.69) is 36.5 Å². The Labute approximate surface area is 85.5 Å². The minimum Gasteiger partial charge on any atom is -0.328 e. The molecule has 3 N–H and O–H groups in total. The van der Waals surface area contributed by atoms with Gasteiger partial charge in [-0.05, 0) is 37.4 Å². The van der Waals surface area contributed by atoms with Crippen LogP contribution >= 0.6 is 0 Å². The quantitative estimate of drug-likeness (QED) is 0.708. The van der Waals surface area contributed by atoms with Gasteiger partial charge in [-0.2, -0.15) is 0 Å². The highest BCUT2D eigenvalue weighted by Crippen LogP contribution is 2.24. The van der Waals surface area contributed by atoms with Crippen molar-refractivity contribution >= 4 is 0 Å². The summed E-state index contributed by atoms with van der Waals surface area (Å²) in [4.78, 5) is 0. The van der Waals surface area contributed by atoms with E-state index in [0.29, 0.717) is 12.1 Å². The number of nitrogens with two attached hydrogens (primary N) is 1. The van der Waals surface area contributed by atoms with Crippen molar-refractivity contribution in [1.29, 1.82) is 0 Å². The van der Waals surface area contributed by atoms with Gasteiger partial charge in [0.15, 0.2) is 0 Å². The molecule has 2 atom stereocenters. The first-order valence-corrected chi connectivity index (χ1v) is 5.32. The molecule has 2 nitrogen and oxygen atoms in total.